The fourth-order valence-corrected chi connectivity index (χ4v) is 2.04. The molecule has 0 aliphatic rings. The third-order valence-corrected chi connectivity index (χ3v) is 3.25. The molecule has 19 heavy (non-hydrogen) atoms. The number of anilines is 1. The molecule has 1 atom stereocenters. The molecule has 1 rings (SSSR count). The van der Waals surface area contributed by atoms with Crippen LogP contribution in [0.4, 0.5) is 5.69 Å². The van der Waals surface area contributed by atoms with Gasteiger partial charge in [-0.25, -0.2) is 0 Å². The van der Waals surface area contributed by atoms with E-state index >= 15 is 0 Å². The zero-order chi connectivity index (χ0) is 14.1. The summed E-state index contributed by atoms with van der Waals surface area (Å²) in [6.45, 7) is 9.48. The second-order valence-electron chi connectivity index (χ2n) is 4.77. The van der Waals surface area contributed by atoms with E-state index < -0.39 is 0 Å². The number of aliphatic hydroxyl groups excluding tert-OH is 1. The van der Waals surface area contributed by atoms with E-state index in [0.29, 0.717) is 6.04 Å². The van der Waals surface area contributed by atoms with Gasteiger partial charge in [0.25, 0.3) is 0 Å². The van der Waals surface area contributed by atoms with E-state index in [1.54, 1.807) is 0 Å². The molecule has 0 aliphatic heterocycles. The van der Waals surface area contributed by atoms with Crippen LogP contribution in [0.5, 0.6) is 0 Å². The predicted molar refractivity (Wildman–Crippen MR) is 80.5 cm³/mol. The molecule has 0 saturated carbocycles. The first-order chi connectivity index (χ1) is 9.22. The summed E-state index contributed by atoms with van der Waals surface area (Å²) < 4.78 is 0. The first kappa shape index (κ1) is 15.9. The number of rotatable bonds is 9. The summed E-state index contributed by atoms with van der Waals surface area (Å²) in [5.41, 5.74) is 2.21. The summed E-state index contributed by atoms with van der Waals surface area (Å²) in [5.74, 6) is 0. The van der Waals surface area contributed by atoms with Gasteiger partial charge in [0.05, 0.1) is 17.6 Å². The average molecular weight is 265 g/mol. The van der Waals surface area contributed by atoms with Crippen molar-refractivity contribution < 1.29 is 5.11 Å². The third kappa shape index (κ3) is 5.17. The Balaban J connectivity index is 2.63. The van der Waals surface area contributed by atoms with Crippen LogP contribution in [0.3, 0.4) is 0 Å². The highest BCUT2D eigenvalue weighted by molar-refractivity contribution is 5.44. The Morgan fingerprint density at radius 3 is 2.68 bits per heavy atom. The molecule has 0 aliphatic carbocycles. The van der Waals surface area contributed by atoms with Gasteiger partial charge in [0.2, 0.25) is 0 Å². The van der Waals surface area contributed by atoms with Crippen molar-refractivity contribution in [2.45, 2.75) is 39.7 Å². The van der Waals surface area contributed by atoms with E-state index in [0.717, 1.165) is 43.9 Å². The second-order valence-corrected chi connectivity index (χ2v) is 4.77. The normalized spacial score (nSPS) is 12.4. The number of pyridine rings is 1. The molecule has 0 bridgehead atoms. The van der Waals surface area contributed by atoms with E-state index in [-0.39, 0.29) is 6.61 Å². The number of hydrogen-bond acceptors (Lipinski definition) is 4. The van der Waals surface area contributed by atoms with Crippen molar-refractivity contribution in [2.24, 2.45) is 0 Å². The van der Waals surface area contributed by atoms with E-state index in [9.17, 15) is 0 Å². The Morgan fingerprint density at radius 2 is 2.16 bits per heavy atom. The van der Waals surface area contributed by atoms with E-state index in [4.69, 9.17) is 5.11 Å². The minimum atomic E-state index is 0.236. The van der Waals surface area contributed by atoms with Crippen molar-refractivity contribution in [3.63, 3.8) is 0 Å². The lowest BCUT2D eigenvalue weighted by Gasteiger charge is -2.23. The molecule has 1 unspecified atom stereocenters. The molecule has 0 amide bonds. The summed E-state index contributed by atoms with van der Waals surface area (Å²) >= 11 is 0. The van der Waals surface area contributed by atoms with Crippen LogP contribution >= 0.6 is 0 Å². The highest BCUT2D eigenvalue weighted by Gasteiger charge is 2.08. The Morgan fingerprint density at radius 1 is 1.37 bits per heavy atom. The van der Waals surface area contributed by atoms with Gasteiger partial charge < -0.3 is 15.3 Å². The topological polar surface area (TPSA) is 48.4 Å². The molecule has 0 aromatic carbocycles. The molecule has 1 heterocycles. The molecule has 1 aromatic rings. The molecule has 1 aromatic heterocycles. The van der Waals surface area contributed by atoms with Crippen molar-refractivity contribution in [1.29, 1.82) is 0 Å². The summed E-state index contributed by atoms with van der Waals surface area (Å²) in [5, 5.41) is 12.3. The van der Waals surface area contributed by atoms with Gasteiger partial charge in [-0.2, -0.15) is 0 Å². The number of aromatic nitrogens is 1. The molecule has 0 radical (unpaired) electrons. The zero-order valence-corrected chi connectivity index (χ0v) is 12.4. The Bertz CT molecular complexity index is 340. The highest BCUT2D eigenvalue weighted by atomic mass is 16.3. The number of nitrogens with zero attached hydrogens (tertiary/aromatic N) is 2. The molecule has 4 heteroatoms. The first-order valence-corrected chi connectivity index (χ1v) is 7.28. The molecule has 108 valence electrons. The summed E-state index contributed by atoms with van der Waals surface area (Å²) in [4.78, 5) is 6.78. The minimum Gasteiger partial charge on any atom is -0.396 e. The molecule has 0 spiro atoms. The van der Waals surface area contributed by atoms with Crippen LogP contribution in [0, 0.1) is 0 Å². The number of aliphatic hydroxyl groups is 1. The van der Waals surface area contributed by atoms with Crippen molar-refractivity contribution in [2.75, 3.05) is 31.1 Å². The van der Waals surface area contributed by atoms with Gasteiger partial charge in [-0.05, 0) is 45.4 Å². The summed E-state index contributed by atoms with van der Waals surface area (Å²) in [6.07, 6.45) is 3.86. The molecular formula is C15H27N3O. The van der Waals surface area contributed by atoms with Crippen LogP contribution in [0.1, 0.15) is 45.3 Å². The van der Waals surface area contributed by atoms with Crippen LogP contribution < -0.4 is 10.2 Å². The molecule has 4 nitrogen and oxygen atoms in total. The van der Waals surface area contributed by atoms with Crippen LogP contribution in [0.25, 0.3) is 0 Å². The average Bonchev–Trinajstić information content (AvgIpc) is 2.46. The van der Waals surface area contributed by atoms with Gasteiger partial charge in [0, 0.05) is 25.7 Å². The highest BCUT2D eigenvalue weighted by Crippen LogP contribution is 2.16. The lowest BCUT2D eigenvalue weighted by atomic mass is 10.2. The van der Waals surface area contributed by atoms with Gasteiger partial charge in [-0.15, -0.1) is 0 Å². The third-order valence-electron chi connectivity index (χ3n) is 3.25. The maximum absolute atomic E-state index is 8.91. The summed E-state index contributed by atoms with van der Waals surface area (Å²) in [7, 11) is 0. The van der Waals surface area contributed by atoms with Gasteiger partial charge in [-0.1, -0.05) is 6.92 Å². The lowest BCUT2D eigenvalue weighted by molar-refractivity contribution is 0.289. The van der Waals surface area contributed by atoms with E-state index in [1.165, 1.54) is 0 Å². The van der Waals surface area contributed by atoms with Crippen molar-refractivity contribution in [3.05, 3.63) is 24.0 Å². The smallest absolute Gasteiger partial charge is 0.0572 e. The fourth-order valence-electron chi connectivity index (χ4n) is 2.04. The predicted octanol–water partition coefficient (Wildman–Crippen LogP) is 2.35. The Hall–Kier alpha value is -1.13. The standard InChI is InChI=1S/C15H27N3O/c1-4-9-16-13(3)15-8-7-14(12-17-15)18(5-2)10-6-11-19/h7-8,12-13,16,19H,4-6,9-11H2,1-3H3. The number of hydrogen-bond donors (Lipinski definition) is 2. The first-order valence-electron chi connectivity index (χ1n) is 7.28. The SMILES string of the molecule is CCCNC(C)c1ccc(N(CC)CCCO)cn1. The quantitative estimate of drug-likeness (QED) is 0.719. The van der Waals surface area contributed by atoms with Gasteiger partial charge >= 0.3 is 0 Å². The molecule has 2 N–H and O–H groups in total. The van der Waals surface area contributed by atoms with Crippen LogP contribution in [-0.2, 0) is 0 Å². The largest absolute Gasteiger partial charge is 0.396 e. The molecule has 0 saturated heterocycles. The van der Waals surface area contributed by atoms with Gasteiger partial charge in [0.15, 0.2) is 0 Å². The lowest BCUT2D eigenvalue weighted by Crippen LogP contribution is -2.25. The van der Waals surface area contributed by atoms with E-state index in [1.807, 2.05) is 6.20 Å². The van der Waals surface area contributed by atoms with Crippen LogP contribution in [0.15, 0.2) is 18.3 Å². The maximum Gasteiger partial charge on any atom is 0.0572 e. The Kier molecular flexibility index (Phi) is 7.45. The molecular weight excluding hydrogens is 238 g/mol. The Labute approximate surface area is 116 Å². The van der Waals surface area contributed by atoms with Crippen LogP contribution in [-0.4, -0.2) is 36.3 Å². The summed E-state index contributed by atoms with van der Waals surface area (Å²) in [6, 6.07) is 4.50. The van der Waals surface area contributed by atoms with Gasteiger partial charge in [0.1, 0.15) is 0 Å². The van der Waals surface area contributed by atoms with Crippen molar-refractivity contribution >= 4 is 5.69 Å². The monoisotopic (exact) mass is 265 g/mol. The minimum absolute atomic E-state index is 0.236. The second kappa shape index (κ2) is 8.88. The number of nitrogens with one attached hydrogen (secondary N) is 1. The van der Waals surface area contributed by atoms with Crippen molar-refractivity contribution in [3.8, 4) is 0 Å². The van der Waals surface area contributed by atoms with Crippen molar-refractivity contribution in [1.82, 2.24) is 10.3 Å². The molecule has 0 fully saturated rings. The van der Waals surface area contributed by atoms with E-state index in [2.05, 4.69) is 48.1 Å². The fraction of sp³-hybridized carbons (Fsp3) is 0.667. The van der Waals surface area contributed by atoms with Gasteiger partial charge in [-0.3, -0.25) is 4.98 Å². The maximum atomic E-state index is 8.91. The van der Waals surface area contributed by atoms with Crippen LogP contribution in [0.2, 0.25) is 0 Å². The zero-order valence-electron chi connectivity index (χ0n) is 12.4.